The highest BCUT2D eigenvalue weighted by molar-refractivity contribution is 8.76. The molecule has 0 amide bonds. The molecule has 0 nitrogen and oxygen atoms in total. The summed E-state index contributed by atoms with van der Waals surface area (Å²) in [5.74, 6) is 0. The monoisotopic (exact) mass is 254 g/mol. The number of thiol groups is 1. The van der Waals surface area contributed by atoms with E-state index in [0.29, 0.717) is 0 Å². The molecule has 80 valence electrons. The molecule has 0 aromatic rings. The highest BCUT2D eigenvalue weighted by atomic mass is 33.1. The lowest BCUT2D eigenvalue weighted by Gasteiger charge is -2.12. The summed E-state index contributed by atoms with van der Waals surface area (Å²) in [4.78, 5) is 0. The summed E-state index contributed by atoms with van der Waals surface area (Å²) in [6, 6.07) is 0. The molecule has 0 aromatic heterocycles. The predicted octanol–water partition coefficient (Wildman–Crippen LogP) is 4.53. The average Bonchev–Trinajstić information content (AvgIpc) is 2.36. The standard InChI is InChI=1S/C12H14S3/c1-12(2)8-3-4-10(7-9-12)5-6-11(13)15-14/h3-9,14H,1-2H3/b6-5+. The van der Waals surface area contributed by atoms with Crippen LogP contribution in [0.25, 0.3) is 0 Å². The normalized spacial score (nSPS) is 19.0. The van der Waals surface area contributed by atoms with Crippen LogP contribution in [-0.4, -0.2) is 4.20 Å². The fraction of sp³-hybridized carbons (Fsp3) is 0.250. The molecule has 15 heavy (non-hydrogen) atoms. The summed E-state index contributed by atoms with van der Waals surface area (Å²) in [7, 11) is 1.29. The quantitative estimate of drug-likeness (QED) is 0.333. The lowest BCUT2D eigenvalue weighted by Crippen LogP contribution is -2.00. The first-order chi connectivity index (χ1) is 7.03. The minimum Gasteiger partial charge on any atom is -0.105 e. The van der Waals surface area contributed by atoms with Gasteiger partial charge in [-0.05, 0) is 22.4 Å². The van der Waals surface area contributed by atoms with Gasteiger partial charge in [0, 0.05) is 5.41 Å². The maximum atomic E-state index is 5.03. The molecule has 0 atom stereocenters. The van der Waals surface area contributed by atoms with E-state index in [2.05, 4.69) is 55.9 Å². The van der Waals surface area contributed by atoms with Crippen LogP contribution >= 0.6 is 34.7 Å². The number of thiocarbonyl (C=S) groups is 1. The summed E-state index contributed by atoms with van der Waals surface area (Å²) < 4.78 is 0.778. The Morgan fingerprint density at radius 2 is 2.20 bits per heavy atom. The van der Waals surface area contributed by atoms with E-state index in [1.54, 1.807) is 0 Å². The molecule has 0 spiro atoms. The van der Waals surface area contributed by atoms with E-state index in [1.807, 2.05) is 12.2 Å². The molecular formula is C12H14S3. The van der Waals surface area contributed by atoms with Crippen LogP contribution in [0.5, 0.6) is 0 Å². The Bertz CT molecular complexity index is 357. The number of rotatable bonds is 2. The maximum absolute atomic E-state index is 5.03. The lowest BCUT2D eigenvalue weighted by molar-refractivity contribution is 0.627. The van der Waals surface area contributed by atoms with Gasteiger partial charge in [-0.3, -0.25) is 0 Å². The number of allylic oxidation sites excluding steroid dienone is 7. The molecule has 0 bridgehead atoms. The van der Waals surface area contributed by atoms with Crippen LogP contribution in [0.4, 0.5) is 0 Å². The van der Waals surface area contributed by atoms with Crippen molar-refractivity contribution < 1.29 is 0 Å². The summed E-state index contributed by atoms with van der Waals surface area (Å²) in [6.07, 6.45) is 14.5. The van der Waals surface area contributed by atoms with Crippen LogP contribution in [0.3, 0.4) is 0 Å². The van der Waals surface area contributed by atoms with Gasteiger partial charge in [0.1, 0.15) is 0 Å². The Hall–Kier alpha value is -0.250. The maximum Gasteiger partial charge on any atom is 0.0810 e. The zero-order valence-corrected chi connectivity index (χ0v) is 11.3. The van der Waals surface area contributed by atoms with Crippen molar-refractivity contribution in [3.63, 3.8) is 0 Å². The largest absolute Gasteiger partial charge is 0.105 e. The van der Waals surface area contributed by atoms with E-state index in [9.17, 15) is 0 Å². The van der Waals surface area contributed by atoms with Crippen LogP contribution in [0, 0.1) is 5.41 Å². The molecule has 3 heteroatoms. The first-order valence-electron chi connectivity index (χ1n) is 4.66. The van der Waals surface area contributed by atoms with Gasteiger partial charge in [-0.15, -0.1) is 11.7 Å². The Morgan fingerprint density at radius 1 is 1.47 bits per heavy atom. The van der Waals surface area contributed by atoms with E-state index < -0.39 is 0 Å². The third-order valence-corrected chi connectivity index (χ3v) is 3.68. The molecule has 0 fully saturated rings. The van der Waals surface area contributed by atoms with E-state index in [4.69, 9.17) is 12.2 Å². The van der Waals surface area contributed by atoms with Crippen molar-refractivity contribution in [3.8, 4) is 0 Å². The van der Waals surface area contributed by atoms with Gasteiger partial charge in [0.2, 0.25) is 0 Å². The minimum absolute atomic E-state index is 0.130. The second-order valence-electron chi connectivity index (χ2n) is 3.92. The third-order valence-electron chi connectivity index (χ3n) is 2.02. The van der Waals surface area contributed by atoms with Gasteiger partial charge in [0.15, 0.2) is 0 Å². The SMILES string of the molecule is CC1(C)C=CC=C(/C=C/C(=S)SS)C=C1. The second-order valence-corrected chi connectivity index (χ2v) is 5.79. The molecule has 1 aliphatic rings. The number of hydrogen-bond donors (Lipinski definition) is 1. The molecule has 0 aliphatic heterocycles. The molecule has 0 heterocycles. The van der Waals surface area contributed by atoms with Crippen molar-refractivity contribution in [2.45, 2.75) is 13.8 Å². The van der Waals surface area contributed by atoms with Crippen LogP contribution in [-0.2, 0) is 0 Å². The van der Waals surface area contributed by atoms with Gasteiger partial charge in [-0.25, -0.2) is 0 Å². The summed E-state index contributed by atoms with van der Waals surface area (Å²) in [5, 5.41) is 0. The molecule has 0 unspecified atom stereocenters. The fourth-order valence-electron chi connectivity index (χ4n) is 1.14. The summed E-state index contributed by atoms with van der Waals surface area (Å²) in [5.41, 5.74) is 1.28. The van der Waals surface area contributed by atoms with E-state index >= 15 is 0 Å². The Morgan fingerprint density at radius 3 is 2.87 bits per heavy atom. The Labute approximate surface area is 106 Å². The van der Waals surface area contributed by atoms with Crippen LogP contribution < -0.4 is 0 Å². The fourth-order valence-corrected chi connectivity index (χ4v) is 1.51. The van der Waals surface area contributed by atoms with Gasteiger partial charge in [0.05, 0.1) is 4.20 Å². The molecule has 0 radical (unpaired) electrons. The molecule has 0 saturated carbocycles. The van der Waals surface area contributed by atoms with Crippen molar-refractivity contribution >= 4 is 38.9 Å². The molecule has 0 saturated heterocycles. The van der Waals surface area contributed by atoms with Crippen molar-refractivity contribution in [1.29, 1.82) is 0 Å². The molecular weight excluding hydrogens is 240 g/mol. The number of hydrogen-bond acceptors (Lipinski definition) is 3. The second kappa shape index (κ2) is 5.73. The Kier molecular flexibility index (Phi) is 4.90. The van der Waals surface area contributed by atoms with Gasteiger partial charge in [0.25, 0.3) is 0 Å². The summed E-state index contributed by atoms with van der Waals surface area (Å²) in [6.45, 7) is 4.35. The highest BCUT2D eigenvalue weighted by Gasteiger charge is 2.09. The molecule has 0 aromatic carbocycles. The van der Waals surface area contributed by atoms with Crippen LogP contribution in [0.1, 0.15) is 13.8 Å². The van der Waals surface area contributed by atoms with Gasteiger partial charge < -0.3 is 0 Å². The third kappa shape index (κ3) is 4.87. The van der Waals surface area contributed by atoms with Crippen molar-refractivity contribution in [2.24, 2.45) is 5.41 Å². The minimum atomic E-state index is 0.130. The van der Waals surface area contributed by atoms with Crippen LogP contribution in [0.2, 0.25) is 0 Å². The lowest BCUT2D eigenvalue weighted by atomic mass is 9.93. The predicted molar refractivity (Wildman–Crippen MR) is 78.5 cm³/mol. The molecule has 0 N–H and O–H groups in total. The van der Waals surface area contributed by atoms with Gasteiger partial charge >= 0.3 is 0 Å². The van der Waals surface area contributed by atoms with E-state index in [1.165, 1.54) is 10.8 Å². The topological polar surface area (TPSA) is 0 Å². The van der Waals surface area contributed by atoms with Gasteiger partial charge in [-0.2, -0.15) is 0 Å². The zero-order valence-electron chi connectivity index (χ0n) is 8.81. The van der Waals surface area contributed by atoms with Crippen LogP contribution in [0.15, 0.2) is 48.1 Å². The molecule has 1 aliphatic carbocycles. The van der Waals surface area contributed by atoms with Crippen molar-refractivity contribution in [1.82, 2.24) is 0 Å². The first kappa shape index (κ1) is 12.8. The Balaban J connectivity index is 2.74. The van der Waals surface area contributed by atoms with Crippen molar-refractivity contribution in [3.05, 3.63) is 48.1 Å². The van der Waals surface area contributed by atoms with E-state index in [0.717, 1.165) is 9.77 Å². The van der Waals surface area contributed by atoms with Crippen molar-refractivity contribution in [2.75, 3.05) is 0 Å². The zero-order chi connectivity index (χ0) is 11.3. The van der Waals surface area contributed by atoms with E-state index in [-0.39, 0.29) is 5.41 Å². The molecule has 1 rings (SSSR count). The average molecular weight is 254 g/mol. The summed E-state index contributed by atoms with van der Waals surface area (Å²) >= 11 is 9.07. The smallest absolute Gasteiger partial charge is 0.0810 e. The highest BCUT2D eigenvalue weighted by Crippen LogP contribution is 2.23. The van der Waals surface area contributed by atoms with Gasteiger partial charge in [-0.1, -0.05) is 62.5 Å². The first-order valence-corrected chi connectivity index (χ1v) is 6.93.